The van der Waals surface area contributed by atoms with Gasteiger partial charge in [0.1, 0.15) is 84.4 Å². The van der Waals surface area contributed by atoms with Crippen LogP contribution in [0.1, 0.15) is 222 Å². The third-order valence-corrected chi connectivity index (χ3v) is 22.7. The van der Waals surface area contributed by atoms with Crippen molar-refractivity contribution in [1.82, 2.24) is 68.1 Å². The number of hydrogen-bond donors (Lipinski definition) is 10. The van der Waals surface area contributed by atoms with Crippen molar-refractivity contribution in [3.63, 3.8) is 0 Å². The Balaban J connectivity index is 0.000000198. The Labute approximate surface area is 704 Å². The second-order valence-electron chi connectivity index (χ2n) is 38.8. The van der Waals surface area contributed by atoms with E-state index < -0.39 is 147 Å². The highest BCUT2D eigenvalue weighted by atomic mass is 32.5. The van der Waals surface area contributed by atoms with E-state index in [-0.39, 0.29) is 46.0 Å². The summed E-state index contributed by atoms with van der Waals surface area (Å²) >= 11 is 10.5. The van der Waals surface area contributed by atoms with E-state index >= 15 is 0 Å². The van der Waals surface area contributed by atoms with Gasteiger partial charge in [-0.3, -0.25) is 46.1 Å². The van der Waals surface area contributed by atoms with Gasteiger partial charge >= 0.3 is 26.9 Å². The number of rotatable bonds is 22. The molecule has 13 N–H and O–H groups in total. The van der Waals surface area contributed by atoms with Gasteiger partial charge in [0, 0.05) is 18.9 Å². The van der Waals surface area contributed by atoms with Crippen LogP contribution < -0.4 is 28.5 Å². The first-order valence-corrected chi connectivity index (χ1v) is 45.7. The molecule has 7 unspecified atom stereocenters. The Morgan fingerprint density at radius 2 is 0.773 bits per heavy atom. The van der Waals surface area contributed by atoms with E-state index in [1.807, 2.05) is 83.1 Å². The van der Waals surface area contributed by atoms with Crippen LogP contribution in [-0.2, 0) is 88.5 Å². The predicted octanol–water partition coefficient (Wildman–Crippen LogP) is 9.84. The molecule has 0 bridgehead atoms. The van der Waals surface area contributed by atoms with Crippen molar-refractivity contribution in [2.45, 2.75) is 319 Å². The van der Waals surface area contributed by atoms with Crippen LogP contribution in [0.15, 0.2) is 53.7 Å². The van der Waals surface area contributed by atoms with Crippen molar-refractivity contribution < 1.29 is 94.9 Å². The maximum atomic E-state index is 12.6. The van der Waals surface area contributed by atoms with Gasteiger partial charge in [-0.1, -0.05) is 83.1 Å². The molecule has 0 radical (unpaired) electrons. The number of H-pyrrole nitrogens is 1. The lowest BCUT2D eigenvalue weighted by Crippen LogP contribution is -2.41. The SMILES string of the molecule is CC(C)(C)C[C@H]1O[C@@H](n2cnc3c(N)ncnc32)[C@@H](O)C1OC(C)(C)C.CC(C)(C)C[C@H]1O[C@@H](n2cnc3c(N)ncnc32)[C@@H](O)C1OP(=O)(O)OC(C)(C)C.CC(C)(C)C[C@H]1O[C@@H](n2cnc3c(N)ncnc32)[C@@H](O)C1OP(O)(=S)OC(C)(C)C.COCCO[C@H]1C(OP(O)(=S)OC(C)(C)C)[C@@H](CC(C)(C)C)O[C@H]1n1cc(C)c(=O)[nH]c1=O. The number of nitrogen functional groups attached to an aromatic ring is 3. The summed E-state index contributed by atoms with van der Waals surface area (Å²) in [7, 11) is -2.93. The fourth-order valence-corrected chi connectivity index (χ4v) is 19.6. The molecule has 4 saturated heterocycles. The molecular weight excluding hydrogens is 1650 g/mol. The van der Waals surface area contributed by atoms with Crippen molar-refractivity contribution in [2.75, 3.05) is 37.5 Å². The minimum atomic E-state index is -4.47. The molecule has 119 heavy (non-hydrogen) atoms. The van der Waals surface area contributed by atoms with E-state index in [9.17, 15) is 44.2 Å². The van der Waals surface area contributed by atoms with Gasteiger partial charge in [0.2, 0.25) is 0 Å². The maximum absolute atomic E-state index is 12.6. The fraction of sp³-hybridized carbons (Fsp3) is 0.747. The molecule has 0 saturated carbocycles. The topological polar surface area (TPSA) is 522 Å². The van der Waals surface area contributed by atoms with E-state index in [0.717, 1.165) is 6.42 Å². The molecule has 11 heterocycles. The third-order valence-electron chi connectivity index (χ3n) is 17.9. The second-order valence-corrected chi connectivity index (χ2v) is 45.5. The lowest BCUT2D eigenvalue weighted by atomic mass is 9.87. The molecule has 0 spiro atoms. The second kappa shape index (κ2) is 37.7. The lowest BCUT2D eigenvalue weighted by Gasteiger charge is -2.32. The first-order chi connectivity index (χ1) is 54.3. The predicted molar refractivity (Wildman–Crippen MR) is 451 cm³/mol. The van der Waals surface area contributed by atoms with Gasteiger partial charge in [-0.15, -0.1) is 0 Å². The molecule has 670 valence electrons. The lowest BCUT2D eigenvalue weighted by molar-refractivity contribution is -0.117. The number of anilines is 3. The van der Waals surface area contributed by atoms with Crippen LogP contribution >= 0.6 is 21.3 Å². The number of nitrogens with two attached hydrogens (primary N) is 3. The summed E-state index contributed by atoms with van der Waals surface area (Å²) in [5, 5.41) is 33.1. The fourth-order valence-electron chi connectivity index (χ4n) is 13.7. The number of nitrogens with zero attached hydrogens (tertiary/aromatic N) is 13. The van der Waals surface area contributed by atoms with E-state index in [4.69, 9.17) is 101 Å². The van der Waals surface area contributed by atoms with Crippen molar-refractivity contribution in [3.05, 3.63) is 70.6 Å². The summed E-state index contributed by atoms with van der Waals surface area (Å²) in [6.07, 6.45) is -0.575. The first-order valence-electron chi connectivity index (χ1n) is 39.0. The van der Waals surface area contributed by atoms with Gasteiger partial charge in [0.25, 0.3) is 5.56 Å². The molecule has 4 aliphatic rings. The number of aromatic amines is 1. The van der Waals surface area contributed by atoms with E-state index in [2.05, 4.69) is 70.6 Å². The Morgan fingerprint density at radius 3 is 1.12 bits per heavy atom. The Morgan fingerprint density at radius 1 is 0.445 bits per heavy atom. The van der Waals surface area contributed by atoms with Crippen molar-refractivity contribution in [2.24, 2.45) is 21.7 Å². The summed E-state index contributed by atoms with van der Waals surface area (Å²) in [6.45, 7) is 40.9. The van der Waals surface area contributed by atoms with Crippen LogP contribution in [0.25, 0.3) is 33.5 Å². The molecule has 0 aliphatic carbocycles. The largest absolute Gasteiger partial charge is 0.473 e. The highest BCUT2D eigenvalue weighted by molar-refractivity contribution is 8.07. The number of aromatic nitrogens is 14. The van der Waals surface area contributed by atoms with Crippen LogP contribution in [0.5, 0.6) is 0 Å². The number of imidazole rings is 3. The van der Waals surface area contributed by atoms with Gasteiger partial charge in [0.05, 0.1) is 79.0 Å². The molecular formula is C75H126N17O22P3S2. The Hall–Kier alpha value is -5.50. The maximum Gasteiger partial charge on any atom is 0.473 e. The third kappa shape index (κ3) is 27.7. The monoisotopic (exact) mass is 1770 g/mol. The highest BCUT2D eigenvalue weighted by Crippen LogP contribution is 2.56. The number of ether oxygens (including phenoxy) is 7. The summed E-state index contributed by atoms with van der Waals surface area (Å²) in [4.78, 5) is 95.7. The Kier molecular flexibility index (Phi) is 31.4. The highest BCUT2D eigenvalue weighted by Gasteiger charge is 2.55. The van der Waals surface area contributed by atoms with Crippen molar-refractivity contribution in [1.29, 1.82) is 0 Å². The first kappa shape index (κ1) is 98.9. The van der Waals surface area contributed by atoms with Gasteiger partial charge in [-0.25, -0.2) is 54.2 Å². The summed E-state index contributed by atoms with van der Waals surface area (Å²) in [5.74, 6) is 0.730. The standard InChI is InChI=1S/C21H37N2O8PS.C18H30N5O6P.C18H30N5O5PS.C18H29N5O3/c1-13-12-23(19(25)22-17(13)24)18-16(28-10-9-27-8)15(14(29-18)11-20(2,3)4)30-32(26,33)31-21(5,6)7;1-17(2,3)7-10-13(28-30(25,26)29-18(4,5)6)12(24)16(27-10)23-9-22-11-14(19)20-8-21-15(11)23;1-17(2,3)7-10-13(27-29(25,30)28-18(4,5)6)12(24)16(26-10)23-9-22-11-14(19)20-8-21-15(11)23;1-17(2,3)7-10-13(26-18(4,5)6)12(24)16(25-10)23-9-22-11-14(19)20-8-21-15(11)23/h12,14-16,18H,9-11H2,1-8H3,(H,26,33)(H,22,24,25);8-10,12-13,16,24H,7H2,1-6H3,(H,25,26)(H2,19,20,21);8-10,12-13,16,24H,7H2,1-6H3,(H,25,30)(H2,19,20,21);8-10,12-13,16,24H,7H2,1-6H3,(H2,19,20,21)/t14-,15?,16+,18-,32?;10-,12+,13?,16-;10-,12+,13?,16-,29?;10-,12+,13?,16-/m1111/s1. The van der Waals surface area contributed by atoms with E-state index in [1.54, 1.807) is 91.8 Å². The average Bonchev–Trinajstić information content (AvgIpc) is 1.63. The van der Waals surface area contributed by atoms with E-state index in [1.165, 1.54) is 47.0 Å². The molecule has 0 amide bonds. The van der Waals surface area contributed by atoms with Gasteiger partial charge < -0.3 is 89.4 Å². The minimum absolute atomic E-state index is 0.0301. The molecule has 44 heteroatoms. The zero-order valence-corrected chi connectivity index (χ0v) is 77.3. The van der Waals surface area contributed by atoms with Gasteiger partial charge in [0.15, 0.2) is 59.3 Å². The molecule has 4 fully saturated rings. The number of aryl methyl sites for hydroxylation is 1. The zero-order chi connectivity index (χ0) is 89.4. The number of fused-ring (bicyclic) bond motifs is 3. The van der Waals surface area contributed by atoms with Crippen molar-refractivity contribution >= 4 is 95.8 Å². The minimum Gasteiger partial charge on any atom is -0.386 e. The zero-order valence-electron chi connectivity index (χ0n) is 72.9. The van der Waals surface area contributed by atoms with Crippen molar-refractivity contribution in [3.8, 4) is 0 Å². The summed E-state index contributed by atoms with van der Waals surface area (Å²) in [6, 6.07) is 0. The molecule has 11 rings (SSSR count). The summed E-state index contributed by atoms with van der Waals surface area (Å²) < 4.78 is 94.4. The number of phosphoric ester groups is 1. The molecule has 7 aromatic rings. The van der Waals surface area contributed by atoms with Crippen LogP contribution in [0, 0.1) is 28.6 Å². The molecule has 39 nitrogen and oxygen atoms in total. The van der Waals surface area contributed by atoms with Crippen LogP contribution in [0.2, 0.25) is 0 Å². The Bertz CT molecular complexity index is 4690. The van der Waals surface area contributed by atoms with Crippen LogP contribution in [0.3, 0.4) is 0 Å². The smallest absolute Gasteiger partial charge is 0.386 e. The van der Waals surface area contributed by atoms with Gasteiger partial charge in [-0.2, -0.15) is 0 Å². The summed E-state index contributed by atoms with van der Waals surface area (Å²) in [5.41, 5.74) is 16.2. The van der Waals surface area contributed by atoms with Crippen LogP contribution in [-0.4, -0.2) is 214 Å². The molecule has 7 aromatic heterocycles. The number of nitrogens with one attached hydrogen (secondary N) is 1. The van der Waals surface area contributed by atoms with Gasteiger partial charge in [-0.05, 0) is 161 Å². The molecule has 4 aliphatic heterocycles. The quantitative estimate of drug-likeness (QED) is 0.0223. The normalized spacial score (nSPS) is 27.0. The number of aliphatic hydroxyl groups is 3. The number of hydrogen-bond acceptors (Lipinski definition) is 33. The molecule has 19 atom stereocenters. The number of phosphoric acid groups is 1. The number of aliphatic hydroxyl groups excluding tert-OH is 3. The van der Waals surface area contributed by atoms with Crippen LogP contribution in [0.4, 0.5) is 17.5 Å². The number of methoxy groups -OCH3 is 1. The molecule has 0 aromatic carbocycles. The average molecular weight is 1770 g/mol. The van der Waals surface area contributed by atoms with E-state index in [0.29, 0.717) is 70.7 Å².